The minimum Gasteiger partial charge on any atom is -0.492 e. The second-order valence-electron chi connectivity index (χ2n) is 3.66. The van der Waals surface area contributed by atoms with Gasteiger partial charge in [0.05, 0.1) is 35.4 Å². The average molecular weight is 267 g/mol. The van der Waals surface area contributed by atoms with Gasteiger partial charge >= 0.3 is 6.09 Å². The zero-order valence-electron chi connectivity index (χ0n) is 9.70. The van der Waals surface area contributed by atoms with Crippen LogP contribution in [0.1, 0.15) is 24.2 Å². The van der Waals surface area contributed by atoms with Gasteiger partial charge in [-0.3, -0.25) is 0 Å². The van der Waals surface area contributed by atoms with Crippen LogP contribution in [0.5, 0.6) is 5.75 Å². The number of amides is 1. The van der Waals surface area contributed by atoms with Gasteiger partial charge in [0.1, 0.15) is 5.75 Å². The monoisotopic (exact) mass is 266 g/mol. The number of hydrogen-bond acceptors (Lipinski definition) is 4. The Bertz CT molecular complexity index is 525. The molecule has 18 heavy (non-hydrogen) atoms. The standard InChI is InChI=1S/C12H11ClN2O3/c1-2-17-11-8(13)4-3-7(5-14)10(11)9-6-15-12(16)18-9/h3-4,9H,2,6H2,1H3,(H,15,16). The highest BCUT2D eigenvalue weighted by molar-refractivity contribution is 6.32. The minimum absolute atomic E-state index is 0.300. The van der Waals surface area contributed by atoms with E-state index in [9.17, 15) is 4.79 Å². The lowest BCUT2D eigenvalue weighted by atomic mass is 10.0. The predicted octanol–water partition coefficient (Wildman–Crippen LogP) is 2.39. The molecule has 0 radical (unpaired) electrons. The molecule has 0 bridgehead atoms. The Morgan fingerprint density at radius 1 is 1.67 bits per heavy atom. The second kappa shape index (κ2) is 5.15. The van der Waals surface area contributed by atoms with E-state index in [1.807, 2.05) is 6.92 Å². The molecule has 1 heterocycles. The molecule has 0 spiro atoms. The maximum Gasteiger partial charge on any atom is 0.407 e. The average Bonchev–Trinajstić information content (AvgIpc) is 2.78. The summed E-state index contributed by atoms with van der Waals surface area (Å²) in [7, 11) is 0. The first-order chi connectivity index (χ1) is 8.67. The van der Waals surface area contributed by atoms with Crippen LogP contribution >= 0.6 is 11.6 Å². The van der Waals surface area contributed by atoms with Crippen LogP contribution in [0.3, 0.4) is 0 Å². The zero-order chi connectivity index (χ0) is 13.1. The Morgan fingerprint density at radius 3 is 3.00 bits per heavy atom. The summed E-state index contributed by atoms with van der Waals surface area (Å²) in [6.45, 7) is 2.53. The number of cyclic esters (lactones) is 1. The van der Waals surface area contributed by atoms with Crippen LogP contribution in [0, 0.1) is 11.3 Å². The lowest BCUT2D eigenvalue weighted by molar-refractivity contribution is 0.139. The summed E-state index contributed by atoms with van der Waals surface area (Å²) >= 11 is 6.06. The van der Waals surface area contributed by atoms with Crippen molar-refractivity contribution in [1.29, 1.82) is 5.26 Å². The maximum absolute atomic E-state index is 11.1. The molecule has 1 aliphatic heterocycles. The molecule has 6 heteroatoms. The van der Waals surface area contributed by atoms with E-state index in [1.54, 1.807) is 12.1 Å². The molecule has 1 aliphatic rings. The number of halogens is 1. The molecule has 0 aliphatic carbocycles. The highest BCUT2D eigenvalue weighted by atomic mass is 35.5. The number of carbonyl (C=O) groups is 1. The highest BCUT2D eigenvalue weighted by Crippen LogP contribution is 2.38. The van der Waals surface area contributed by atoms with Crippen LogP contribution in [-0.4, -0.2) is 19.2 Å². The van der Waals surface area contributed by atoms with Crippen LogP contribution in [0.4, 0.5) is 4.79 Å². The van der Waals surface area contributed by atoms with Crippen LogP contribution in [0.15, 0.2) is 12.1 Å². The molecule has 1 saturated heterocycles. The van der Waals surface area contributed by atoms with Gasteiger partial charge in [0, 0.05) is 0 Å². The van der Waals surface area contributed by atoms with E-state index in [1.165, 1.54) is 0 Å². The van der Waals surface area contributed by atoms with Gasteiger partial charge < -0.3 is 14.8 Å². The fourth-order valence-electron chi connectivity index (χ4n) is 1.83. The Balaban J connectivity index is 2.51. The van der Waals surface area contributed by atoms with E-state index in [-0.39, 0.29) is 0 Å². The SMILES string of the molecule is CCOc1c(Cl)ccc(C#N)c1C1CNC(=O)O1. The zero-order valence-corrected chi connectivity index (χ0v) is 10.5. The van der Waals surface area contributed by atoms with Gasteiger partial charge in [-0.1, -0.05) is 11.6 Å². The Labute approximate surface area is 109 Å². The number of benzene rings is 1. The van der Waals surface area contributed by atoms with Crippen LogP contribution < -0.4 is 10.1 Å². The number of carbonyl (C=O) groups excluding carboxylic acids is 1. The number of nitrogens with zero attached hydrogens (tertiary/aromatic N) is 1. The van der Waals surface area contributed by atoms with Gasteiger partial charge in [-0.25, -0.2) is 4.79 Å². The summed E-state index contributed by atoms with van der Waals surface area (Å²) in [5, 5.41) is 12.1. The van der Waals surface area contributed by atoms with Crippen molar-refractivity contribution in [3.8, 4) is 11.8 Å². The number of hydrogen-bond donors (Lipinski definition) is 1. The van der Waals surface area contributed by atoms with E-state index in [0.29, 0.717) is 35.1 Å². The molecule has 1 N–H and O–H groups in total. The second-order valence-corrected chi connectivity index (χ2v) is 4.06. The van der Waals surface area contributed by atoms with Crippen molar-refractivity contribution >= 4 is 17.7 Å². The van der Waals surface area contributed by atoms with Gasteiger partial charge in [-0.05, 0) is 19.1 Å². The molecule has 1 amide bonds. The molecule has 0 aromatic heterocycles. The molecule has 2 rings (SSSR count). The molecule has 1 aromatic carbocycles. The molecule has 0 saturated carbocycles. The van der Waals surface area contributed by atoms with E-state index < -0.39 is 12.2 Å². The summed E-state index contributed by atoms with van der Waals surface area (Å²) in [6.07, 6.45) is -1.06. The number of nitrogens with one attached hydrogen (secondary N) is 1. The van der Waals surface area contributed by atoms with Crippen molar-refractivity contribution < 1.29 is 14.3 Å². The lowest BCUT2D eigenvalue weighted by Gasteiger charge is -2.16. The van der Waals surface area contributed by atoms with Crippen LogP contribution in [0.2, 0.25) is 5.02 Å². The summed E-state index contributed by atoms with van der Waals surface area (Å²) in [6, 6.07) is 5.24. The fraction of sp³-hybridized carbons (Fsp3) is 0.333. The third-order valence-corrected chi connectivity index (χ3v) is 2.86. The predicted molar refractivity (Wildman–Crippen MR) is 64.6 cm³/mol. The maximum atomic E-state index is 11.1. The van der Waals surface area contributed by atoms with Gasteiger partial charge in [-0.15, -0.1) is 0 Å². The van der Waals surface area contributed by atoms with E-state index in [4.69, 9.17) is 26.3 Å². The largest absolute Gasteiger partial charge is 0.492 e. The topological polar surface area (TPSA) is 71.3 Å². The molecule has 1 atom stereocenters. The molecule has 1 fully saturated rings. The van der Waals surface area contributed by atoms with Crippen molar-refractivity contribution in [2.24, 2.45) is 0 Å². The highest BCUT2D eigenvalue weighted by Gasteiger charge is 2.30. The van der Waals surface area contributed by atoms with E-state index >= 15 is 0 Å². The Morgan fingerprint density at radius 2 is 2.44 bits per heavy atom. The third kappa shape index (κ3) is 2.20. The summed E-state index contributed by atoms with van der Waals surface area (Å²) in [5.41, 5.74) is 0.912. The fourth-order valence-corrected chi connectivity index (χ4v) is 2.05. The van der Waals surface area contributed by atoms with Crippen LogP contribution in [-0.2, 0) is 4.74 Å². The first kappa shape index (κ1) is 12.5. The molecule has 94 valence electrons. The van der Waals surface area contributed by atoms with Gasteiger partial charge in [-0.2, -0.15) is 5.26 Å². The van der Waals surface area contributed by atoms with Gasteiger partial charge in [0.15, 0.2) is 6.10 Å². The first-order valence-corrected chi connectivity index (χ1v) is 5.85. The summed E-state index contributed by atoms with van der Waals surface area (Å²) in [4.78, 5) is 11.1. The van der Waals surface area contributed by atoms with Gasteiger partial charge in [0.2, 0.25) is 0 Å². The number of ether oxygens (including phenoxy) is 2. The van der Waals surface area contributed by atoms with Crippen molar-refractivity contribution in [1.82, 2.24) is 5.32 Å². The summed E-state index contributed by atoms with van der Waals surface area (Å²) in [5.74, 6) is 0.403. The first-order valence-electron chi connectivity index (χ1n) is 5.47. The molecule has 1 unspecified atom stereocenters. The Hall–Kier alpha value is -1.93. The number of alkyl carbamates (subject to hydrolysis) is 1. The number of nitriles is 1. The van der Waals surface area contributed by atoms with Crippen molar-refractivity contribution in [3.05, 3.63) is 28.3 Å². The van der Waals surface area contributed by atoms with Crippen molar-refractivity contribution in [3.63, 3.8) is 0 Å². The molecule has 5 nitrogen and oxygen atoms in total. The lowest BCUT2D eigenvalue weighted by Crippen LogP contribution is -2.13. The number of rotatable bonds is 3. The minimum atomic E-state index is -0.549. The Kier molecular flexibility index (Phi) is 3.58. The summed E-state index contributed by atoms with van der Waals surface area (Å²) < 4.78 is 10.5. The van der Waals surface area contributed by atoms with E-state index in [0.717, 1.165) is 0 Å². The molecular weight excluding hydrogens is 256 g/mol. The van der Waals surface area contributed by atoms with Crippen molar-refractivity contribution in [2.75, 3.05) is 13.2 Å². The normalized spacial score (nSPS) is 17.8. The quantitative estimate of drug-likeness (QED) is 0.912. The third-order valence-electron chi connectivity index (χ3n) is 2.56. The van der Waals surface area contributed by atoms with Crippen molar-refractivity contribution in [2.45, 2.75) is 13.0 Å². The van der Waals surface area contributed by atoms with Gasteiger partial charge in [0.25, 0.3) is 0 Å². The van der Waals surface area contributed by atoms with E-state index in [2.05, 4.69) is 11.4 Å². The smallest absolute Gasteiger partial charge is 0.407 e. The molecular formula is C12H11ClN2O3. The molecule has 1 aromatic rings. The van der Waals surface area contributed by atoms with Crippen LogP contribution in [0.25, 0.3) is 0 Å².